The highest BCUT2D eigenvalue weighted by Gasteiger charge is 2.31. The van der Waals surface area contributed by atoms with Crippen LogP contribution in [-0.4, -0.2) is 23.9 Å². The molecule has 2 aromatic rings. The number of likely N-dealkylation sites (tertiary alicyclic amines) is 1. The van der Waals surface area contributed by atoms with Crippen molar-refractivity contribution in [2.75, 3.05) is 13.1 Å². The second-order valence-corrected chi connectivity index (χ2v) is 5.26. The first kappa shape index (κ1) is 13.2. The summed E-state index contributed by atoms with van der Waals surface area (Å²) in [6.07, 6.45) is 2.43. The van der Waals surface area contributed by atoms with E-state index in [0.717, 1.165) is 12.2 Å². The van der Waals surface area contributed by atoms with E-state index in [1.165, 1.54) is 18.2 Å². The third-order valence-electron chi connectivity index (χ3n) is 3.60. The molecule has 0 aliphatic carbocycles. The Labute approximate surface area is 120 Å². The Balaban J connectivity index is 1.79. The number of carbonyl (C=O) groups is 1. The van der Waals surface area contributed by atoms with Crippen LogP contribution in [0.25, 0.3) is 0 Å². The maximum Gasteiger partial charge on any atom is 0.258 e. The molecule has 20 heavy (non-hydrogen) atoms. The zero-order valence-electron chi connectivity index (χ0n) is 10.7. The molecular formula is C15H13ClFNO2. The molecule has 0 spiro atoms. The van der Waals surface area contributed by atoms with Gasteiger partial charge in [0, 0.05) is 19.0 Å². The van der Waals surface area contributed by atoms with Crippen molar-refractivity contribution in [1.29, 1.82) is 0 Å². The molecular weight excluding hydrogens is 281 g/mol. The van der Waals surface area contributed by atoms with Gasteiger partial charge in [0.15, 0.2) is 0 Å². The van der Waals surface area contributed by atoms with Gasteiger partial charge in [-0.1, -0.05) is 17.7 Å². The van der Waals surface area contributed by atoms with Gasteiger partial charge < -0.3 is 9.32 Å². The second kappa shape index (κ2) is 5.29. The Morgan fingerprint density at radius 3 is 2.90 bits per heavy atom. The molecule has 1 aromatic carbocycles. The molecule has 3 rings (SSSR count). The summed E-state index contributed by atoms with van der Waals surface area (Å²) in [6.45, 7) is 1.10. The minimum atomic E-state index is -0.580. The van der Waals surface area contributed by atoms with Crippen LogP contribution in [0.3, 0.4) is 0 Å². The lowest BCUT2D eigenvalue weighted by Crippen LogP contribution is -2.29. The maximum atomic E-state index is 13.8. The Bertz CT molecular complexity index is 607. The molecule has 3 nitrogen and oxygen atoms in total. The summed E-state index contributed by atoms with van der Waals surface area (Å²) < 4.78 is 19.1. The van der Waals surface area contributed by atoms with Crippen LogP contribution in [0.1, 0.15) is 28.5 Å². The quantitative estimate of drug-likeness (QED) is 0.846. The lowest BCUT2D eigenvalue weighted by molar-refractivity contribution is 0.0785. The molecule has 1 saturated heterocycles. The first-order chi connectivity index (χ1) is 9.66. The smallest absolute Gasteiger partial charge is 0.258 e. The fourth-order valence-electron chi connectivity index (χ4n) is 2.56. The topological polar surface area (TPSA) is 33.5 Å². The molecule has 1 aliphatic rings. The van der Waals surface area contributed by atoms with E-state index in [9.17, 15) is 9.18 Å². The Hall–Kier alpha value is -1.81. The zero-order chi connectivity index (χ0) is 14.1. The summed E-state index contributed by atoms with van der Waals surface area (Å²) in [6, 6.07) is 7.99. The monoisotopic (exact) mass is 293 g/mol. The molecule has 104 valence electrons. The van der Waals surface area contributed by atoms with Gasteiger partial charge in [-0.3, -0.25) is 4.79 Å². The predicted molar refractivity (Wildman–Crippen MR) is 73.4 cm³/mol. The Kier molecular flexibility index (Phi) is 3.49. The van der Waals surface area contributed by atoms with E-state index >= 15 is 0 Å². The fraction of sp³-hybridized carbons (Fsp3) is 0.267. The molecule has 2 heterocycles. The minimum Gasteiger partial charge on any atom is -0.469 e. The van der Waals surface area contributed by atoms with Gasteiger partial charge in [-0.25, -0.2) is 4.39 Å². The first-order valence-corrected chi connectivity index (χ1v) is 6.81. The van der Waals surface area contributed by atoms with Crippen LogP contribution >= 0.6 is 11.6 Å². The molecule has 0 bridgehead atoms. The molecule has 0 radical (unpaired) electrons. The van der Waals surface area contributed by atoms with E-state index in [-0.39, 0.29) is 22.4 Å². The number of nitrogens with zero attached hydrogens (tertiary/aromatic N) is 1. The number of rotatable bonds is 2. The number of hydrogen-bond donors (Lipinski definition) is 0. The van der Waals surface area contributed by atoms with Crippen LogP contribution < -0.4 is 0 Å². The van der Waals surface area contributed by atoms with E-state index in [2.05, 4.69) is 0 Å². The number of furan rings is 1. The third kappa shape index (κ3) is 2.31. The van der Waals surface area contributed by atoms with E-state index in [4.69, 9.17) is 16.0 Å². The maximum absolute atomic E-state index is 13.8. The normalized spacial score (nSPS) is 18.5. The highest BCUT2D eigenvalue weighted by Crippen LogP contribution is 2.30. The van der Waals surface area contributed by atoms with Gasteiger partial charge in [0.05, 0.1) is 16.8 Å². The van der Waals surface area contributed by atoms with Crippen LogP contribution in [0.2, 0.25) is 5.02 Å². The van der Waals surface area contributed by atoms with Crippen molar-refractivity contribution in [2.24, 2.45) is 0 Å². The van der Waals surface area contributed by atoms with E-state index in [1.54, 1.807) is 11.2 Å². The lowest BCUT2D eigenvalue weighted by atomic mass is 10.1. The average molecular weight is 294 g/mol. The SMILES string of the molecule is O=C(c1c(F)cccc1Cl)N1CCC(c2ccco2)C1. The van der Waals surface area contributed by atoms with Crippen molar-refractivity contribution < 1.29 is 13.6 Å². The van der Waals surface area contributed by atoms with Crippen molar-refractivity contribution in [3.8, 4) is 0 Å². The van der Waals surface area contributed by atoms with E-state index in [1.807, 2.05) is 12.1 Å². The third-order valence-corrected chi connectivity index (χ3v) is 3.91. The molecule has 5 heteroatoms. The summed E-state index contributed by atoms with van der Waals surface area (Å²) in [7, 11) is 0. The van der Waals surface area contributed by atoms with Gasteiger partial charge in [0.1, 0.15) is 11.6 Å². The number of benzene rings is 1. The van der Waals surface area contributed by atoms with Crippen molar-refractivity contribution in [1.82, 2.24) is 4.90 Å². The summed E-state index contributed by atoms with van der Waals surface area (Å²) in [5.41, 5.74) is -0.0470. The van der Waals surface area contributed by atoms with Crippen molar-refractivity contribution in [3.05, 3.63) is 58.8 Å². The van der Waals surface area contributed by atoms with Crippen LogP contribution in [-0.2, 0) is 0 Å². The number of carbonyl (C=O) groups excluding carboxylic acids is 1. The van der Waals surface area contributed by atoms with Gasteiger partial charge >= 0.3 is 0 Å². The molecule has 0 N–H and O–H groups in total. The summed E-state index contributed by atoms with van der Waals surface area (Å²) in [4.78, 5) is 14.0. The van der Waals surface area contributed by atoms with Crippen molar-refractivity contribution in [3.63, 3.8) is 0 Å². The van der Waals surface area contributed by atoms with Crippen LogP contribution in [0, 0.1) is 5.82 Å². The van der Waals surface area contributed by atoms with Gasteiger partial charge in [-0.15, -0.1) is 0 Å². The Morgan fingerprint density at radius 1 is 1.35 bits per heavy atom. The van der Waals surface area contributed by atoms with Crippen LogP contribution in [0.4, 0.5) is 4.39 Å². The summed E-state index contributed by atoms with van der Waals surface area (Å²) in [5, 5.41) is 0.149. The highest BCUT2D eigenvalue weighted by molar-refractivity contribution is 6.33. The molecule has 1 unspecified atom stereocenters. The van der Waals surface area contributed by atoms with Crippen LogP contribution in [0.5, 0.6) is 0 Å². The van der Waals surface area contributed by atoms with Crippen molar-refractivity contribution in [2.45, 2.75) is 12.3 Å². The standard InChI is InChI=1S/C15H13ClFNO2/c16-11-3-1-4-12(17)14(11)15(19)18-7-6-10(9-18)13-5-2-8-20-13/h1-5,8,10H,6-7,9H2. The second-order valence-electron chi connectivity index (χ2n) is 4.85. The van der Waals surface area contributed by atoms with E-state index < -0.39 is 5.82 Å². The molecule has 1 fully saturated rings. The van der Waals surface area contributed by atoms with Crippen LogP contribution in [0.15, 0.2) is 41.0 Å². The molecule has 1 aromatic heterocycles. The molecule has 0 saturated carbocycles. The molecule has 1 atom stereocenters. The number of halogens is 2. The molecule has 1 aliphatic heterocycles. The zero-order valence-corrected chi connectivity index (χ0v) is 11.4. The summed E-state index contributed by atoms with van der Waals surface area (Å²) in [5.74, 6) is 0.0885. The van der Waals surface area contributed by atoms with Gasteiger partial charge in [0.2, 0.25) is 0 Å². The number of amides is 1. The fourth-order valence-corrected chi connectivity index (χ4v) is 2.80. The lowest BCUT2D eigenvalue weighted by Gasteiger charge is -2.17. The molecule has 1 amide bonds. The van der Waals surface area contributed by atoms with Gasteiger partial charge in [0.25, 0.3) is 5.91 Å². The van der Waals surface area contributed by atoms with Gasteiger partial charge in [-0.2, -0.15) is 0 Å². The predicted octanol–water partition coefficient (Wildman–Crippen LogP) is 3.70. The number of hydrogen-bond acceptors (Lipinski definition) is 2. The van der Waals surface area contributed by atoms with Gasteiger partial charge in [-0.05, 0) is 30.7 Å². The largest absolute Gasteiger partial charge is 0.469 e. The summed E-state index contributed by atoms with van der Waals surface area (Å²) >= 11 is 5.93. The Morgan fingerprint density at radius 2 is 2.20 bits per heavy atom. The van der Waals surface area contributed by atoms with E-state index in [0.29, 0.717) is 13.1 Å². The van der Waals surface area contributed by atoms with Crippen molar-refractivity contribution >= 4 is 17.5 Å². The average Bonchev–Trinajstić information content (AvgIpc) is 3.09. The first-order valence-electron chi connectivity index (χ1n) is 6.43. The highest BCUT2D eigenvalue weighted by atomic mass is 35.5. The minimum absolute atomic E-state index is 0.0470.